The zero-order chi connectivity index (χ0) is 11.1. The number of hydrogen-bond acceptors (Lipinski definition) is 3. The van der Waals surface area contributed by atoms with Gasteiger partial charge in [0.15, 0.2) is 5.13 Å². The fourth-order valence-electron chi connectivity index (χ4n) is 2.16. The smallest absolute Gasteiger partial charge is 0.184 e. The predicted molar refractivity (Wildman–Crippen MR) is 70.4 cm³/mol. The zero-order valence-electron chi connectivity index (χ0n) is 9.03. The highest BCUT2D eigenvalue weighted by Crippen LogP contribution is 2.33. The number of thiazole rings is 1. The van der Waals surface area contributed by atoms with Crippen LogP contribution in [0.15, 0.2) is 18.2 Å². The molecule has 1 aliphatic carbocycles. The maximum Gasteiger partial charge on any atom is 0.184 e. The molecular weight excluding hydrogens is 240 g/mol. The van der Waals surface area contributed by atoms with E-state index in [4.69, 9.17) is 11.6 Å². The van der Waals surface area contributed by atoms with Crippen molar-refractivity contribution in [1.82, 2.24) is 4.98 Å². The van der Waals surface area contributed by atoms with Crippen LogP contribution in [0.5, 0.6) is 0 Å². The minimum absolute atomic E-state index is 0.617. The number of hydrogen-bond donors (Lipinski definition) is 1. The summed E-state index contributed by atoms with van der Waals surface area (Å²) in [6.07, 6.45) is 2.52. The van der Waals surface area contributed by atoms with Crippen molar-refractivity contribution in [2.45, 2.75) is 25.8 Å². The van der Waals surface area contributed by atoms with Gasteiger partial charge in [0.25, 0.3) is 0 Å². The summed E-state index contributed by atoms with van der Waals surface area (Å²) < 4.78 is 1.15. The average Bonchev–Trinajstić information content (AvgIpc) is 2.57. The molecule has 1 N–H and O–H groups in total. The first-order valence-electron chi connectivity index (χ1n) is 5.53. The molecule has 2 nitrogen and oxygen atoms in total. The minimum atomic E-state index is 0.617. The van der Waals surface area contributed by atoms with Gasteiger partial charge in [-0.3, -0.25) is 0 Å². The molecule has 0 bridgehead atoms. The fraction of sp³-hybridized carbons (Fsp3) is 0.417. The Balaban J connectivity index is 1.82. The molecule has 0 spiro atoms. The second-order valence-corrected chi connectivity index (χ2v) is 6.02. The highest BCUT2D eigenvalue weighted by Gasteiger charge is 2.25. The van der Waals surface area contributed by atoms with Crippen LogP contribution in [0.3, 0.4) is 0 Å². The van der Waals surface area contributed by atoms with E-state index in [0.29, 0.717) is 6.04 Å². The van der Waals surface area contributed by atoms with Crippen molar-refractivity contribution in [1.29, 1.82) is 0 Å². The molecule has 1 aliphatic rings. The van der Waals surface area contributed by atoms with Crippen LogP contribution in [0, 0.1) is 5.92 Å². The largest absolute Gasteiger partial charge is 0.359 e. The molecule has 0 unspecified atom stereocenters. The highest BCUT2D eigenvalue weighted by atomic mass is 35.5. The Hall–Kier alpha value is -0.800. The van der Waals surface area contributed by atoms with E-state index in [1.807, 2.05) is 18.2 Å². The lowest BCUT2D eigenvalue weighted by Crippen LogP contribution is -2.33. The van der Waals surface area contributed by atoms with Gasteiger partial charge in [-0.2, -0.15) is 0 Å². The Kier molecular flexibility index (Phi) is 2.52. The van der Waals surface area contributed by atoms with Crippen molar-refractivity contribution in [2.75, 3.05) is 5.32 Å². The zero-order valence-corrected chi connectivity index (χ0v) is 10.6. The molecule has 1 aromatic heterocycles. The third kappa shape index (κ3) is 1.89. The molecule has 1 saturated carbocycles. The van der Waals surface area contributed by atoms with Crippen LogP contribution in [-0.4, -0.2) is 11.0 Å². The summed E-state index contributed by atoms with van der Waals surface area (Å²) in [5.41, 5.74) is 1.03. The van der Waals surface area contributed by atoms with Gasteiger partial charge in [0, 0.05) is 11.1 Å². The fourth-order valence-corrected chi connectivity index (χ4v) is 3.37. The van der Waals surface area contributed by atoms with Gasteiger partial charge in [-0.05, 0) is 37.0 Å². The number of nitrogens with one attached hydrogen (secondary N) is 1. The lowest BCUT2D eigenvalue weighted by atomic mass is 9.82. The van der Waals surface area contributed by atoms with Crippen LogP contribution in [0.4, 0.5) is 5.13 Å². The summed E-state index contributed by atoms with van der Waals surface area (Å²) in [6, 6.07) is 6.45. The molecule has 1 fully saturated rings. The van der Waals surface area contributed by atoms with Crippen LogP contribution in [0.2, 0.25) is 5.02 Å². The molecular formula is C12H13ClN2S. The van der Waals surface area contributed by atoms with Crippen molar-refractivity contribution in [3.8, 4) is 0 Å². The normalized spacial score (nSPS) is 24.4. The van der Waals surface area contributed by atoms with Crippen molar-refractivity contribution in [3.63, 3.8) is 0 Å². The second kappa shape index (κ2) is 3.90. The molecule has 0 saturated heterocycles. The number of aromatic nitrogens is 1. The summed E-state index contributed by atoms with van der Waals surface area (Å²) in [5, 5.41) is 5.28. The van der Waals surface area contributed by atoms with E-state index in [2.05, 4.69) is 17.2 Å². The molecule has 0 radical (unpaired) electrons. The topological polar surface area (TPSA) is 24.9 Å². The van der Waals surface area contributed by atoms with E-state index in [9.17, 15) is 0 Å². The van der Waals surface area contributed by atoms with Crippen molar-refractivity contribution < 1.29 is 0 Å². The van der Waals surface area contributed by atoms with E-state index in [-0.39, 0.29) is 0 Å². The van der Waals surface area contributed by atoms with Gasteiger partial charge in [-0.25, -0.2) is 4.98 Å². The van der Waals surface area contributed by atoms with Crippen LogP contribution in [0.1, 0.15) is 19.8 Å². The first-order valence-corrected chi connectivity index (χ1v) is 6.73. The number of fused-ring (bicyclic) bond motifs is 1. The Bertz CT molecular complexity index is 517. The summed E-state index contributed by atoms with van der Waals surface area (Å²) in [7, 11) is 0. The van der Waals surface area contributed by atoms with E-state index in [1.54, 1.807) is 11.3 Å². The third-order valence-corrected chi connectivity index (χ3v) is 4.24. The van der Waals surface area contributed by atoms with Crippen LogP contribution >= 0.6 is 22.9 Å². The van der Waals surface area contributed by atoms with Gasteiger partial charge in [-0.15, -0.1) is 0 Å². The predicted octanol–water partition coefficient (Wildman–Crippen LogP) is 4.16. The number of rotatable bonds is 2. The van der Waals surface area contributed by atoms with Gasteiger partial charge in [0.1, 0.15) is 0 Å². The van der Waals surface area contributed by atoms with E-state index in [1.165, 1.54) is 12.8 Å². The van der Waals surface area contributed by atoms with Crippen molar-refractivity contribution >= 4 is 38.3 Å². The van der Waals surface area contributed by atoms with Crippen LogP contribution in [0.25, 0.3) is 10.2 Å². The van der Waals surface area contributed by atoms with Gasteiger partial charge >= 0.3 is 0 Å². The summed E-state index contributed by atoms with van der Waals surface area (Å²) >= 11 is 7.63. The number of anilines is 1. The van der Waals surface area contributed by atoms with Gasteiger partial charge < -0.3 is 5.32 Å². The van der Waals surface area contributed by atoms with Gasteiger partial charge in [0.05, 0.1) is 10.2 Å². The molecule has 16 heavy (non-hydrogen) atoms. The molecule has 2 aromatic rings. The second-order valence-electron chi connectivity index (χ2n) is 4.55. The maximum atomic E-state index is 5.95. The summed E-state index contributed by atoms with van der Waals surface area (Å²) in [5.74, 6) is 0.862. The van der Waals surface area contributed by atoms with E-state index < -0.39 is 0 Å². The van der Waals surface area contributed by atoms with Crippen LogP contribution in [-0.2, 0) is 0 Å². The Morgan fingerprint density at radius 1 is 1.44 bits per heavy atom. The Labute approximate surface area is 104 Å². The molecule has 4 heteroatoms. The SMILES string of the molecule is CC1CC(Nc2nc3ccc(Cl)cc3s2)C1. The Morgan fingerprint density at radius 3 is 3.00 bits per heavy atom. The molecule has 1 aromatic carbocycles. The lowest BCUT2D eigenvalue weighted by molar-refractivity contribution is 0.309. The molecule has 3 rings (SSSR count). The van der Waals surface area contributed by atoms with E-state index >= 15 is 0 Å². The first kappa shape index (κ1) is 10.4. The molecule has 0 aliphatic heterocycles. The summed E-state index contributed by atoms with van der Waals surface area (Å²) in [6.45, 7) is 2.29. The van der Waals surface area contributed by atoms with E-state index in [0.717, 1.165) is 26.3 Å². The Morgan fingerprint density at radius 2 is 2.25 bits per heavy atom. The van der Waals surface area contributed by atoms with Crippen molar-refractivity contribution in [2.24, 2.45) is 5.92 Å². The first-order chi connectivity index (χ1) is 7.70. The maximum absolute atomic E-state index is 5.95. The van der Waals surface area contributed by atoms with Crippen molar-refractivity contribution in [3.05, 3.63) is 23.2 Å². The number of halogens is 1. The molecule has 0 amide bonds. The minimum Gasteiger partial charge on any atom is -0.359 e. The lowest BCUT2D eigenvalue weighted by Gasteiger charge is -2.33. The molecule has 84 valence electrons. The van der Waals surface area contributed by atoms with Gasteiger partial charge in [-0.1, -0.05) is 29.9 Å². The quantitative estimate of drug-likeness (QED) is 0.868. The highest BCUT2D eigenvalue weighted by molar-refractivity contribution is 7.22. The standard InChI is InChI=1S/C12H13ClN2S/c1-7-4-9(5-7)14-12-15-10-3-2-8(13)6-11(10)16-12/h2-3,6-7,9H,4-5H2,1H3,(H,14,15). The summed E-state index contributed by atoms with van der Waals surface area (Å²) in [4.78, 5) is 4.55. The number of nitrogens with zero attached hydrogens (tertiary/aromatic N) is 1. The monoisotopic (exact) mass is 252 g/mol. The third-order valence-electron chi connectivity index (χ3n) is 3.05. The molecule has 1 heterocycles. The average molecular weight is 253 g/mol. The molecule has 0 atom stereocenters. The number of benzene rings is 1. The van der Waals surface area contributed by atoms with Gasteiger partial charge in [0.2, 0.25) is 0 Å². The van der Waals surface area contributed by atoms with Crippen LogP contribution < -0.4 is 5.32 Å².